The Morgan fingerprint density at radius 3 is 0.973 bits per heavy atom. The van der Waals surface area contributed by atoms with Gasteiger partial charge in [0, 0.05) is 33.5 Å². The van der Waals surface area contributed by atoms with Crippen LogP contribution in [0.15, 0.2) is 255 Å². The van der Waals surface area contributed by atoms with Gasteiger partial charge in [-0.25, -0.2) is 8.78 Å². The van der Waals surface area contributed by atoms with Gasteiger partial charge in [-0.3, -0.25) is 0 Å². The molecule has 0 atom stereocenters. The molecule has 13 aromatic carbocycles. The molecule has 0 saturated carbocycles. The Kier molecular flexibility index (Phi) is 9.36. The standard InChI is InChI=1S/C70H42F2N2/c71-45-29-25-43(26-30-45)67-59-35-33-49(73(47-13-3-1-4-14-47)65-39-37-57-53-19-9-7-17-51(53)55-21-11-23-61(65)69(55)57)41-63(59)64-42-50(34-36-60(64)68(67)44-27-31-46(72)32-28-44)74(48-15-5-2-6-16-48)66-40-38-58-54-20-10-8-18-52(54)56-22-12-24-62(66)70(56)58/h1-42H. The number of nitrogens with zero attached hydrogens (tertiary/aromatic N) is 2. The third-order valence-electron chi connectivity index (χ3n) is 15.4. The van der Waals surface area contributed by atoms with E-state index in [9.17, 15) is 8.78 Å². The van der Waals surface area contributed by atoms with Crippen LogP contribution in [0, 0.1) is 11.6 Å². The van der Waals surface area contributed by atoms with Crippen molar-refractivity contribution in [2.24, 2.45) is 0 Å². The van der Waals surface area contributed by atoms with Gasteiger partial charge in [0.15, 0.2) is 0 Å². The van der Waals surface area contributed by atoms with E-state index in [1.807, 2.05) is 24.3 Å². The van der Waals surface area contributed by atoms with E-state index in [0.717, 1.165) is 88.7 Å². The van der Waals surface area contributed by atoms with Gasteiger partial charge in [0.1, 0.15) is 11.6 Å². The Hall–Kier alpha value is -9.64. The van der Waals surface area contributed by atoms with Crippen LogP contribution in [0.5, 0.6) is 0 Å². The molecule has 13 aromatic rings. The van der Waals surface area contributed by atoms with Crippen molar-refractivity contribution in [3.63, 3.8) is 0 Å². The average Bonchev–Trinajstić information content (AvgIpc) is 3.97. The summed E-state index contributed by atoms with van der Waals surface area (Å²) in [7, 11) is 0. The second kappa shape index (κ2) is 16.5. The first-order valence-electron chi connectivity index (χ1n) is 25.1. The molecule has 0 spiro atoms. The first kappa shape index (κ1) is 42.1. The molecule has 0 fully saturated rings. The van der Waals surface area contributed by atoms with E-state index in [0.29, 0.717) is 0 Å². The van der Waals surface area contributed by atoms with E-state index in [2.05, 4.69) is 216 Å². The second-order valence-electron chi connectivity index (χ2n) is 19.4. The Morgan fingerprint density at radius 1 is 0.230 bits per heavy atom. The van der Waals surface area contributed by atoms with Crippen LogP contribution in [0.1, 0.15) is 0 Å². The van der Waals surface area contributed by atoms with Crippen molar-refractivity contribution in [2.45, 2.75) is 0 Å². The first-order chi connectivity index (χ1) is 36.6. The molecule has 74 heavy (non-hydrogen) atoms. The summed E-state index contributed by atoms with van der Waals surface area (Å²) in [5, 5.41) is 8.85. The Bertz CT molecular complexity index is 4090. The van der Waals surface area contributed by atoms with Crippen LogP contribution in [-0.2, 0) is 0 Å². The summed E-state index contributed by atoms with van der Waals surface area (Å²) in [5.41, 5.74) is 19.7. The number of para-hydroxylation sites is 2. The predicted molar refractivity (Wildman–Crippen MR) is 305 cm³/mol. The fraction of sp³-hybridized carbons (Fsp3) is 0. The Balaban J connectivity index is 1.03. The molecule has 15 rings (SSSR count). The monoisotopic (exact) mass is 948 g/mol. The summed E-state index contributed by atoms with van der Waals surface area (Å²) in [6.45, 7) is 0. The number of fused-ring (bicyclic) bond motifs is 9. The fourth-order valence-electron chi connectivity index (χ4n) is 12.3. The molecular formula is C70H42F2N2. The highest BCUT2D eigenvalue weighted by Crippen LogP contribution is 2.55. The fourth-order valence-corrected chi connectivity index (χ4v) is 12.3. The van der Waals surface area contributed by atoms with Crippen LogP contribution in [0.25, 0.3) is 110 Å². The number of hydrogen-bond acceptors (Lipinski definition) is 2. The maximum absolute atomic E-state index is 14.9. The van der Waals surface area contributed by atoms with Gasteiger partial charge in [0.25, 0.3) is 0 Å². The number of anilines is 6. The first-order valence-corrected chi connectivity index (χ1v) is 25.1. The molecule has 2 nitrogen and oxygen atoms in total. The van der Waals surface area contributed by atoms with Crippen molar-refractivity contribution in [1.82, 2.24) is 0 Å². The van der Waals surface area contributed by atoms with Crippen molar-refractivity contribution in [2.75, 3.05) is 9.80 Å². The van der Waals surface area contributed by atoms with Gasteiger partial charge in [-0.15, -0.1) is 0 Å². The van der Waals surface area contributed by atoms with Gasteiger partial charge < -0.3 is 9.80 Å². The van der Waals surface area contributed by atoms with E-state index in [1.54, 1.807) is 0 Å². The topological polar surface area (TPSA) is 6.48 Å². The SMILES string of the molecule is Fc1ccc(-c2c(-c3ccc(F)cc3)c3ccc(N(c4ccccc4)c4ccc5c6c(cccc46)-c4ccccc4-5)cc3c3cc(N(c4ccccc4)c4ccc5c6c(cccc46)-c4ccccc4-5)ccc23)cc1. The minimum absolute atomic E-state index is 0.311. The minimum atomic E-state index is -0.311. The Labute approximate surface area is 426 Å². The van der Waals surface area contributed by atoms with E-state index < -0.39 is 0 Å². The number of rotatable bonds is 8. The molecule has 0 radical (unpaired) electrons. The maximum atomic E-state index is 14.9. The smallest absolute Gasteiger partial charge is 0.123 e. The second-order valence-corrected chi connectivity index (χ2v) is 19.4. The molecule has 0 aliphatic heterocycles. The molecule has 0 aromatic heterocycles. The zero-order valence-electron chi connectivity index (χ0n) is 39.9. The lowest BCUT2D eigenvalue weighted by atomic mass is 9.84. The summed E-state index contributed by atoms with van der Waals surface area (Å²) in [5.74, 6) is -0.622. The van der Waals surface area contributed by atoms with E-state index in [1.165, 1.54) is 79.5 Å². The summed E-state index contributed by atoms with van der Waals surface area (Å²) < 4.78 is 29.8. The van der Waals surface area contributed by atoms with Gasteiger partial charge in [-0.1, -0.05) is 170 Å². The Morgan fingerprint density at radius 2 is 0.581 bits per heavy atom. The van der Waals surface area contributed by atoms with Gasteiger partial charge in [-0.2, -0.15) is 0 Å². The molecule has 4 heteroatoms. The predicted octanol–water partition coefficient (Wildman–Crippen LogP) is 20.1. The van der Waals surface area contributed by atoms with Crippen LogP contribution in [0.4, 0.5) is 42.9 Å². The number of halogens is 2. The van der Waals surface area contributed by atoms with Crippen molar-refractivity contribution < 1.29 is 8.78 Å². The van der Waals surface area contributed by atoms with Crippen LogP contribution in [0.2, 0.25) is 0 Å². The zero-order valence-corrected chi connectivity index (χ0v) is 39.9. The highest BCUT2D eigenvalue weighted by Gasteiger charge is 2.28. The van der Waals surface area contributed by atoms with E-state index in [4.69, 9.17) is 0 Å². The summed E-state index contributed by atoms with van der Waals surface area (Å²) in [6.07, 6.45) is 0. The lowest BCUT2D eigenvalue weighted by Gasteiger charge is -2.29. The normalized spacial score (nSPS) is 11.9. The zero-order chi connectivity index (χ0) is 49.0. The van der Waals surface area contributed by atoms with Crippen LogP contribution in [-0.4, -0.2) is 0 Å². The molecule has 0 heterocycles. The molecule has 0 bridgehead atoms. The largest absolute Gasteiger partial charge is 0.310 e. The van der Waals surface area contributed by atoms with Crippen LogP contribution >= 0.6 is 0 Å². The lowest BCUT2D eigenvalue weighted by Crippen LogP contribution is -2.11. The molecule has 2 aliphatic rings. The summed E-state index contributed by atoms with van der Waals surface area (Å²) in [6, 6.07) is 88.1. The third kappa shape index (κ3) is 6.35. The van der Waals surface area contributed by atoms with Gasteiger partial charge in [0.2, 0.25) is 0 Å². The van der Waals surface area contributed by atoms with Crippen molar-refractivity contribution in [3.05, 3.63) is 266 Å². The summed E-state index contributed by atoms with van der Waals surface area (Å²) in [4.78, 5) is 4.76. The number of benzene rings is 13. The third-order valence-corrected chi connectivity index (χ3v) is 15.4. The molecular weight excluding hydrogens is 907 g/mol. The highest BCUT2D eigenvalue weighted by atomic mass is 19.1. The van der Waals surface area contributed by atoms with E-state index in [-0.39, 0.29) is 11.6 Å². The average molecular weight is 949 g/mol. The molecule has 0 N–H and O–H groups in total. The van der Waals surface area contributed by atoms with Crippen molar-refractivity contribution in [3.8, 4) is 66.8 Å². The quantitative estimate of drug-likeness (QED) is 0.140. The molecule has 0 unspecified atom stereocenters. The van der Waals surface area contributed by atoms with Crippen LogP contribution < -0.4 is 9.80 Å². The van der Waals surface area contributed by atoms with Crippen molar-refractivity contribution >= 4 is 77.2 Å². The summed E-state index contributed by atoms with van der Waals surface area (Å²) >= 11 is 0. The lowest BCUT2D eigenvalue weighted by molar-refractivity contribution is 0.627. The molecule has 0 saturated heterocycles. The molecule has 0 amide bonds. The van der Waals surface area contributed by atoms with Gasteiger partial charge in [0.05, 0.1) is 11.4 Å². The number of hydrogen-bond donors (Lipinski definition) is 0. The van der Waals surface area contributed by atoms with Gasteiger partial charge >= 0.3 is 0 Å². The van der Waals surface area contributed by atoms with Crippen LogP contribution in [0.3, 0.4) is 0 Å². The minimum Gasteiger partial charge on any atom is -0.310 e. The molecule has 346 valence electrons. The van der Waals surface area contributed by atoms with E-state index >= 15 is 0 Å². The maximum Gasteiger partial charge on any atom is 0.123 e. The van der Waals surface area contributed by atoms with Gasteiger partial charge in [-0.05, 0) is 184 Å². The van der Waals surface area contributed by atoms with Crippen molar-refractivity contribution in [1.29, 1.82) is 0 Å². The highest BCUT2D eigenvalue weighted by molar-refractivity contribution is 6.25. The molecule has 2 aliphatic carbocycles.